The first-order valence-corrected chi connectivity index (χ1v) is 6.65. The van der Waals surface area contributed by atoms with E-state index >= 15 is 0 Å². The molecule has 0 bridgehead atoms. The summed E-state index contributed by atoms with van der Waals surface area (Å²) in [4.78, 5) is 0. The van der Waals surface area contributed by atoms with Crippen molar-refractivity contribution in [3.8, 4) is 11.5 Å². The van der Waals surface area contributed by atoms with Crippen LogP contribution >= 0.6 is 58.0 Å². The van der Waals surface area contributed by atoms with E-state index in [0.717, 1.165) is 0 Å². The molecular weight excluding hydrogens is 337 g/mol. The second-order valence-electron chi connectivity index (χ2n) is 3.33. The molecule has 18 heavy (non-hydrogen) atoms. The lowest BCUT2D eigenvalue weighted by atomic mass is 10.3. The highest BCUT2D eigenvalue weighted by Crippen LogP contribution is 2.43. The van der Waals surface area contributed by atoms with E-state index in [1.54, 1.807) is 30.3 Å². The van der Waals surface area contributed by atoms with E-state index in [4.69, 9.17) is 62.7 Å². The number of benzene rings is 2. The molecule has 0 aliphatic heterocycles. The molecule has 2 aromatic carbocycles. The van der Waals surface area contributed by atoms with Crippen LogP contribution in [-0.2, 0) is 0 Å². The number of hydrogen-bond acceptors (Lipinski definition) is 1. The highest BCUT2D eigenvalue weighted by atomic mass is 35.5. The number of hydrogen-bond donors (Lipinski definition) is 0. The molecule has 0 N–H and O–H groups in total. The van der Waals surface area contributed by atoms with Gasteiger partial charge in [0.2, 0.25) is 0 Å². The topological polar surface area (TPSA) is 9.23 Å². The van der Waals surface area contributed by atoms with Crippen molar-refractivity contribution in [1.82, 2.24) is 0 Å². The standard InChI is InChI=1S/C12H5Cl5O/c13-6-2-1-3-9(10(6)16)18-12-8(15)5-4-7(14)11(12)17/h1-5H. The summed E-state index contributed by atoms with van der Waals surface area (Å²) in [6.45, 7) is 0. The second-order valence-corrected chi connectivity index (χ2v) is 5.30. The van der Waals surface area contributed by atoms with Crippen molar-refractivity contribution in [3.05, 3.63) is 55.4 Å². The van der Waals surface area contributed by atoms with E-state index in [9.17, 15) is 0 Å². The van der Waals surface area contributed by atoms with Gasteiger partial charge in [-0.15, -0.1) is 0 Å². The van der Waals surface area contributed by atoms with E-state index in [0.29, 0.717) is 20.8 Å². The van der Waals surface area contributed by atoms with Crippen LogP contribution in [0.5, 0.6) is 11.5 Å². The molecule has 0 heterocycles. The summed E-state index contributed by atoms with van der Waals surface area (Å²) in [5.41, 5.74) is 0. The van der Waals surface area contributed by atoms with Crippen molar-refractivity contribution in [2.45, 2.75) is 0 Å². The lowest BCUT2D eigenvalue weighted by Crippen LogP contribution is -1.88. The van der Waals surface area contributed by atoms with Crippen molar-refractivity contribution in [1.29, 1.82) is 0 Å². The van der Waals surface area contributed by atoms with Crippen LogP contribution in [0.15, 0.2) is 30.3 Å². The van der Waals surface area contributed by atoms with Gasteiger partial charge in [-0.3, -0.25) is 0 Å². The Morgan fingerprint density at radius 1 is 0.667 bits per heavy atom. The molecule has 94 valence electrons. The first-order chi connectivity index (χ1) is 8.50. The Kier molecular flexibility index (Phi) is 4.52. The molecule has 0 unspecified atom stereocenters. The van der Waals surface area contributed by atoms with Gasteiger partial charge >= 0.3 is 0 Å². The Hall–Kier alpha value is -0.310. The molecule has 2 rings (SSSR count). The molecule has 2 aromatic rings. The van der Waals surface area contributed by atoms with E-state index in [2.05, 4.69) is 0 Å². The number of ether oxygens (including phenoxy) is 1. The average Bonchev–Trinajstić information content (AvgIpc) is 2.35. The fraction of sp³-hybridized carbons (Fsp3) is 0. The quantitative estimate of drug-likeness (QED) is 0.549. The van der Waals surface area contributed by atoms with Crippen LogP contribution in [0.4, 0.5) is 0 Å². The molecule has 0 aliphatic carbocycles. The summed E-state index contributed by atoms with van der Waals surface area (Å²) in [6, 6.07) is 8.18. The molecule has 0 amide bonds. The van der Waals surface area contributed by atoms with Crippen molar-refractivity contribution >= 4 is 58.0 Å². The molecule has 0 spiro atoms. The smallest absolute Gasteiger partial charge is 0.166 e. The van der Waals surface area contributed by atoms with Gasteiger partial charge in [-0.2, -0.15) is 0 Å². The fourth-order valence-electron chi connectivity index (χ4n) is 1.27. The Labute approximate surface area is 129 Å². The molecular formula is C12H5Cl5O. The van der Waals surface area contributed by atoms with Crippen LogP contribution < -0.4 is 4.74 Å². The Balaban J connectivity index is 2.46. The van der Waals surface area contributed by atoms with Crippen LogP contribution in [0.3, 0.4) is 0 Å². The van der Waals surface area contributed by atoms with Crippen molar-refractivity contribution in [2.24, 2.45) is 0 Å². The van der Waals surface area contributed by atoms with Gasteiger partial charge in [0.15, 0.2) is 5.75 Å². The molecule has 0 fully saturated rings. The normalized spacial score (nSPS) is 10.5. The highest BCUT2D eigenvalue weighted by Gasteiger charge is 2.14. The highest BCUT2D eigenvalue weighted by molar-refractivity contribution is 6.45. The average molecular weight is 342 g/mol. The van der Waals surface area contributed by atoms with Crippen LogP contribution in [0.1, 0.15) is 0 Å². The lowest BCUT2D eigenvalue weighted by molar-refractivity contribution is 0.483. The molecule has 1 nitrogen and oxygen atoms in total. The monoisotopic (exact) mass is 340 g/mol. The maximum atomic E-state index is 6.02. The summed E-state index contributed by atoms with van der Waals surface area (Å²) in [6.07, 6.45) is 0. The molecule has 0 radical (unpaired) electrons. The minimum absolute atomic E-state index is 0.222. The molecule has 0 saturated carbocycles. The van der Waals surface area contributed by atoms with Crippen molar-refractivity contribution in [3.63, 3.8) is 0 Å². The molecule has 0 atom stereocenters. The molecule has 0 saturated heterocycles. The third-order valence-electron chi connectivity index (χ3n) is 2.13. The van der Waals surface area contributed by atoms with E-state index in [1.165, 1.54) is 0 Å². The van der Waals surface area contributed by atoms with Crippen molar-refractivity contribution in [2.75, 3.05) is 0 Å². The zero-order chi connectivity index (χ0) is 13.3. The predicted octanol–water partition coefficient (Wildman–Crippen LogP) is 6.75. The fourth-order valence-corrected chi connectivity index (χ4v) is 2.20. The van der Waals surface area contributed by atoms with E-state index in [-0.39, 0.29) is 15.8 Å². The van der Waals surface area contributed by atoms with Gasteiger partial charge < -0.3 is 4.74 Å². The summed E-state index contributed by atoms with van der Waals surface area (Å²) >= 11 is 29.8. The van der Waals surface area contributed by atoms with Gasteiger partial charge in [0, 0.05) is 0 Å². The molecule has 6 heteroatoms. The maximum Gasteiger partial charge on any atom is 0.166 e. The minimum Gasteiger partial charge on any atom is -0.453 e. The van der Waals surface area contributed by atoms with E-state index < -0.39 is 0 Å². The Morgan fingerprint density at radius 3 is 2.00 bits per heavy atom. The SMILES string of the molecule is Clc1cccc(Oc2c(Cl)ccc(Cl)c2Cl)c1Cl. The summed E-state index contributed by atoms with van der Waals surface area (Å²) in [5, 5.41) is 1.56. The van der Waals surface area contributed by atoms with Gasteiger partial charge in [0.25, 0.3) is 0 Å². The van der Waals surface area contributed by atoms with Crippen LogP contribution in [0, 0.1) is 0 Å². The third-order valence-corrected chi connectivity index (χ3v) is 4.02. The maximum absolute atomic E-state index is 6.02. The van der Waals surface area contributed by atoms with Gasteiger partial charge in [0.05, 0.1) is 15.1 Å². The molecule has 0 aromatic heterocycles. The number of halogens is 5. The van der Waals surface area contributed by atoms with Crippen LogP contribution in [-0.4, -0.2) is 0 Å². The number of rotatable bonds is 2. The van der Waals surface area contributed by atoms with Crippen LogP contribution in [0.25, 0.3) is 0 Å². The zero-order valence-electron chi connectivity index (χ0n) is 8.68. The van der Waals surface area contributed by atoms with Crippen LogP contribution in [0.2, 0.25) is 25.1 Å². The first kappa shape index (κ1) is 14.1. The van der Waals surface area contributed by atoms with E-state index in [1.807, 2.05) is 0 Å². The van der Waals surface area contributed by atoms with Gasteiger partial charge in [-0.1, -0.05) is 64.1 Å². The zero-order valence-corrected chi connectivity index (χ0v) is 12.5. The first-order valence-electron chi connectivity index (χ1n) is 4.76. The largest absolute Gasteiger partial charge is 0.453 e. The predicted molar refractivity (Wildman–Crippen MR) is 78.0 cm³/mol. The summed E-state index contributed by atoms with van der Waals surface area (Å²) < 4.78 is 5.57. The minimum atomic E-state index is 0.222. The second kappa shape index (κ2) is 5.77. The van der Waals surface area contributed by atoms with Gasteiger partial charge in [-0.25, -0.2) is 0 Å². The van der Waals surface area contributed by atoms with Crippen molar-refractivity contribution < 1.29 is 4.74 Å². The lowest BCUT2D eigenvalue weighted by Gasteiger charge is -2.12. The van der Waals surface area contributed by atoms with Gasteiger partial charge in [-0.05, 0) is 24.3 Å². The Bertz CT molecular complexity index is 597. The Morgan fingerprint density at radius 2 is 1.28 bits per heavy atom. The van der Waals surface area contributed by atoms with Gasteiger partial charge in [0.1, 0.15) is 15.8 Å². The third kappa shape index (κ3) is 2.81. The molecule has 0 aliphatic rings. The summed E-state index contributed by atoms with van der Waals surface area (Å²) in [7, 11) is 0. The summed E-state index contributed by atoms with van der Waals surface area (Å²) in [5.74, 6) is 0.602.